The molecule has 6 heteroatoms. The SMILES string of the molecule is CC(=O)CC1CCCN1Cc1ncc(C)c([N+](=O)[O-])c1C. The molecule has 0 N–H and O–H groups in total. The number of nitrogens with zero attached hydrogens (tertiary/aromatic N) is 3. The van der Waals surface area contributed by atoms with E-state index in [1.54, 1.807) is 27.0 Å². The van der Waals surface area contributed by atoms with Gasteiger partial charge in [-0.2, -0.15) is 0 Å². The van der Waals surface area contributed by atoms with Crippen LogP contribution in [0, 0.1) is 24.0 Å². The van der Waals surface area contributed by atoms with E-state index in [4.69, 9.17) is 0 Å². The summed E-state index contributed by atoms with van der Waals surface area (Å²) in [6, 6.07) is 0.240. The van der Waals surface area contributed by atoms with Gasteiger partial charge in [-0.25, -0.2) is 0 Å². The number of rotatable bonds is 5. The quantitative estimate of drug-likeness (QED) is 0.615. The van der Waals surface area contributed by atoms with Gasteiger partial charge in [0.1, 0.15) is 5.78 Å². The lowest BCUT2D eigenvalue weighted by Gasteiger charge is -2.23. The maximum absolute atomic E-state index is 11.3. The summed E-state index contributed by atoms with van der Waals surface area (Å²) in [7, 11) is 0. The monoisotopic (exact) mass is 291 g/mol. The Kier molecular flexibility index (Phi) is 4.67. The van der Waals surface area contributed by atoms with E-state index in [1.165, 1.54) is 0 Å². The fraction of sp³-hybridized carbons (Fsp3) is 0.600. The summed E-state index contributed by atoms with van der Waals surface area (Å²) in [5.41, 5.74) is 2.11. The molecule has 6 nitrogen and oxygen atoms in total. The highest BCUT2D eigenvalue weighted by Gasteiger charge is 2.27. The minimum absolute atomic E-state index is 0.155. The van der Waals surface area contributed by atoms with Crippen molar-refractivity contribution in [1.82, 2.24) is 9.88 Å². The molecule has 1 saturated heterocycles. The highest BCUT2D eigenvalue weighted by atomic mass is 16.6. The van der Waals surface area contributed by atoms with Crippen LogP contribution >= 0.6 is 0 Å². The molecule has 0 amide bonds. The van der Waals surface area contributed by atoms with Gasteiger partial charge in [0, 0.05) is 36.3 Å². The summed E-state index contributed by atoms with van der Waals surface area (Å²) in [5.74, 6) is 0.187. The summed E-state index contributed by atoms with van der Waals surface area (Å²) in [6.07, 6.45) is 4.18. The van der Waals surface area contributed by atoms with Gasteiger partial charge in [0.25, 0.3) is 5.69 Å². The summed E-state index contributed by atoms with van der Waals surface area (Å²) < 4.78 is 0. The van der Waals surface area contributed by atoms with Crippen molar-refractivity contribution in [2.75, 3.05) is 6.54 Å². The van der Waals surface area contributed by atoms with Crippen LogP contribution in [0.2, 0.25) is 0 Å². The number of pyridine rings is 1. The minimum atomic E-state index is -0.340. The Hall–Kier alpha value is -1.82. The number of likely N-dealkylation sites (tertiary alicyclic amines) is 1. The number of nitro groups is 1. The van der Waals surface area contributed by atoms with E-state index in [0.29, 0.717) is 24.1 Å². The molecule has 0 spiro atoms. The summed E-state index contributed by atoms with van der Waals surface area (Å²) in [5, 5.41) is 11.2. The molecule has 21 heavy (non-hydrogen) atoms. The molecular formula is C15H21N3O3. The van der Waals surface area contributed by atoms with Crippen molar-refractivity contribution in [3.05, 3.63) is 33.1 Å². The van der Waals surface area contributed by atoms with Gasteiger partial charge < -0.3 is 0 Å². The zero-order valence-electron chi connectivity index (χ0n) is 12.8. The van der Waals surface area contributed by atoms with E-state index in [-0.39, 0.29) is 22.4 Å². The lowest BCUT2D eigenvalue weighted by atomic mass is 10.1. The van der Waals surface area contributed by atoms with Crippen molar-refractivity contribution < 1.29 is 9.72 Å². The van der Waals surface area contributed by atoms with Crippen LogP contribution in [-0.4, -0.2) is 33.2 Å². The van der Waals surface area contributed by atoms with E-state index < -0.39 is 0 Å². The van der Waals surface area contributed by atoms with Crippen LogP contribution in [-0.2, 0) is 11.3 Å². The first-order valence-electron chi connectivity index (χ1n) is 7.23. The molecule has 1 aromatic heterocycles. The topological polar surface area (TPSA) is 76.3 Å². The molecule has 114 valence electrons. The molecule has 0 saturated carbocycles. The number of hydrogen-bond donors (Lipinski definition) is 0. The number of aromatic nitrogens is 1. The molecule has 0 radical (unpaired) electrons. The smallest absolute Gasteiger partial charge is 0.278 e. The lowest BCUT2D eigenvalue weighted by molar-refractivity contribution is -0.386. The molecule has 0 bridgehead atoms. The molecule has 2 rings (SSSR count). The number of ketones is 1. The van der Waals surface area contributed by atoms with Gasteiger partial charge in [-0.3, -0.25) is 24.8 Å². The van der Waals surface area contributed by atoms with Gasteiger partial charge in [-0.15, -0.1) is 0 Å². The predicted octanol–water partition coefficient (Wildman–Crippen LogP) is 2.55. The van der Waals surface area contributed by atoms with Crippen molar-refractivity contribution in [3.63, 3.8) is 0 Å². The van der Waals surface area contributed by atoms with Crippen molar-refractivity contribution in [2.24, 2.45) is 0 Å². The predicted molar refractivity (Wildman–Crippen MR) is 79.1 cm³/mol. The Morgan fingerprint density at radius 3 is 2.86 bits per heavy atom. The molecule has 2 heterocycles. The molecule has 1 aromatic rings. The molecular weight excluding hydrogens is 270 g/mol. The second-order valence-corrected chi connectivity index (χ2v) is 5.79. The Morgan fingerprint density at radius 1 is 1.52 bits per heavy atom. The zero-order valence-corrected chi connectivity index (χ0v) is 12.8. The molecule has 1 aliphatic rings. The van der Waals surface area contributed by atoms with Crippen LogP contribution in [0.4, 0.5) is 5.69 Å². The van der Waals surface area contributed by atoms with Crippen LogP contribution in [0.1, 0.15) is 43.0 Å². The third kappa shape index (κ3) is 3.44. The lowest BCUT2D eigenvalue weighted by Crippen LogP contribution is -2.31. The van der Waals surface area contributed by atoms with E-state index in [1.807, 2.05) is 0 Å². The third-order valence-electron chi connectivity index (χ3n) is 4.13. The zero-order chi connectivity index (χ0) is 15.6. The molecule has 1 atom stereocenters. The highest BCUT2D eigenvalue weighted by molar-refractivity contribution is 5.76. The minimum Gasteiger partial charge on any atom is -0.300 e. The van der Waals surface area contributed by atoms with Gasteiger partial charge in [0.05, 0.1) is 10.6 Å². The molecule has 0 aromatic carbocycles. The molecule has 0 aliphatic carbocycles. The first-order chi connectivity index (χ1) is 9.90. The van der Waals surface area contributed by atoms with E-state index in [9.17, 15) is 14.9 Å². The molecule has 1 fully saturated rings. The second kappa shape index (κ2) is 6.30. The average Bonchev–Trinajstić information content (AvgIpc) is 2.79. The van der Waals surface area contributed by atoms with Crippen LogP contribution < -0.4 is 0 Å². The van der Waals surface area contributed by atoms with Crippen molar-refractivity contribution in [3.8, 4) is 0 Å². The Morgan fingerprint density at radius 2 is 2.24 bits per heavy atom. The van der Waals surface area contributed by atoms with Crippen LogP contribution in [0.3, 0.4) is 0 Å². The Labute approximate surface area is 124 Å². The van der Waals surface area contributed by atoms with Crippen molar-refractivity contribution in [1.29, 1.82) is 0 Å². The molecule has 1 aliphatic heterocycles. The number of hydrogen-bond acceptors (Lipinski definition) is 5. The average molecular weight is 291 g/mol. The number of Topliss-reactive ketones (excluding diaryl/α,β-unsaturated/α-hetero) is 1. The van der Waals surface area contributed by atoms with Crippen LogP contribution in [0.15, 0.2) is 6.20 Å². The van der Waals surface area contributed by atoms with E-state index in [0.717, 1.165) is 25.1 Å². The van der Waals surface area contributed by atoms with Gasteiger partial charge in [0.2, 0.25) is 0 Å². The standard InChI is InChI=1S/C15H21N3O3/c1-10-8-16-14(12(3)15(10)18(20)21)9-17-6-4-5-13(17)7-11(2)19/h8,13H,4-7,9H2,1-3H3. The first-order valence-corrected chi connectivity index (χ1v) is 7.23. The van der Waals surface area contributed by atoms with Gasteiger partial charge >= 0.3 is 0 Å². The normalized spacial score (nSPS) is 18.9. The third-order valence-corrected chi connectivity index (χ3v) is 4.13. The maximum Gasteiger partial charge on any atom is 0.278 e. The van der Waals surface area contributed by atoms with Gasteiger partial charge in [0.15, 0.2) is 0 Å². The van der Waals surface area contributed by atoms with E-state index in [2.05, 4.69) is 9.88 Å². The van der Waals surface area contributed by atoms with Crippen LogP contribution in [0.5, 0.6) is 0 Å². The summed E-state index contributed by atoms with van der Waals surface area (Å²) >= 11 is 0. The summed E-state index contributed by atoms with van der Waals surface area (Å²) in [6.45, 7) is 6.56. The maximum atomic E-state index is 11.3. The number of carbonyl (C=O) groups is 1. The van der Waals surface area contributed by atoms with Gasteiger partial charge in [-0.1, -0.05) is 0 Å². The van der Waals surface area contributed by atoms with E-state index >= 15 is 0 Å². The largest absolute Gasteiger partial charge is 0.300 e. The Balaban J connectivity index is 2.21. The highest BCUT2D eigenvalue weighted by Crippen LogP contribution is 2.27. The van der Waals surface area contributed by atoms with Crippen LogP contribution in [0.25, 0.3) is 0 Å². The van der Waals surface area contributed by atoms with Crippen molar-refractivity contribution in [2.45, 2.75) is 52.6 Å². The number of aryl methyl sites for hydroxylation is 1. The number of carbonyl (C=O) groups excluding carboxylic acids is 1. The fourth-order valence-electron chi connectivity index (χ4n) is 3.06. The van der Waals surface area contributed by atoms with Crippen molar-refractivity contribution >= 4 is 11.5 Å². The second-order valence-electron chi connectivity index (χ2n) is 5.79. The Bertz CT molecular complexity index is 572. The molecule has 1 unspecified atom stereocenters. The first kappa shape index (κ1) is 15.6. The van der Waals surface area contributed by atoms with Gasteiger partial charge in [-0.05, 0) is 40.2 Å². The summed E-state index contributed by atoms with van der Waals surface area (Å²) in [4.78, 5) is 28.7. The fourth-order valence-corrected chi connectivity index (χ4v) is 3.06.